The highest BCUT2D eigenvalue weighted by atomic mass is 35.5. The van der Waals surface area contributed by atoms with Crippen LogP contribution >= 0.6 is 34.7 Å². The molecule has 0 bridgehead atoms. The fraction of sp³-hybridized carbons (Fsp3) is 0.136. The molecule has 0 unspecified atom stereocenters. The lowest BCUT2D eigenvalue weighted by molar-refractivity contribution is -0.334. The number of H-pyrrole nitrogens is 2. The molecule has 156 valence electrons. The van der Waals surface area contributed by atoms with Crippen molar-refractivity contribution < 1.29 is 4.98 Å². The number of rotatable bonds is 5. The van der Waals surface area contributed by atoms with E-state index in [9.17, 15) is 9.59 Å². The fourth-order valence-electron chi connectivity index (χ4n) is 3.62. The average Bonchev–Trinajstić information content (AvgIpc) is 3.32. The van der Waals surface area contributed by atoms with Gasteiger partial charge in [0, 0.05) is 34.0 Å². The molecule has 0 amide bonds. The summed E-state index contributed by atoms with van der Waals surface area (Å²) < 4.78 is 4.20. The second-order valence-corrected chi connectivity index (χ2v) is 9.73. The molecule has 0 fully saturated rings. The van der Waals surface area contributed by atoms with Gasteiger partial charge in [-0.15, -0.1) is 11.8 Å². The largest absolute Gasteiger partial charge is 0.369 e. The zero-order valence-corrected chi connectivity index (χ0v) is 18.9. The van der Waals surface area contributed by atoms with E-state index in [2.05, 4.69) is 10.1 Å². The molecule has 2 N–H and O–H groups in total. The monoisotopic (exact) mass is 469 g/mol. The van der Waals surface area contributed by atoms with Crippen LogP contribution in [0.2, 0.25) is 5.02 Å². The third-order valence-electron chi connectivity index (χ3n) is 5.15. The van der Waals surface area contributed by atoms with Crippen molar-refractivity contribution in [2.24, 2.45) is 0 Å². The third kappa shape index (κ3) is 3.71. The normalized spacial score (nSPS) is 11.5. The highest BCUT2D eigenvalue weighted by Gasteiger charge is 2.22. The Morgan fingerprint density at radius 2 is 1.90 bits per heavy atom. The quantitative estimate of drug-likeness (QED) is 0.391. The smallest absolute Gasteiger partial charge is 0.311 e. The molecule has 0 atom stereocenters. The highest BCUT2D eigenvalue weighted by molar-refractivity contribution is 7.99. The lowest BCUT2D eigenvalue weighted by atomic mass is 10.2. The van der Waals surface area contributed by atoms with Crippen molar-refractivity contribution in [2.45, 2.75) is 18.4 Å². The Bertz CT molecular complexity index is 1500. The van der Waals surface area contributed by atoms with Crippen LogP contribution in [-0.4, -0.2) is 20.1 Å². The van der Waals surface area contributed by atoms with Crippen LogP contribution in [0, 0.1) is 6.92 Å². The van der Waals surface area contributed by atoms with Gasteiger partial charge in [0.25, 0.3) is 5.56 Å². The number of benzene rings is 2. The van der Waals surface area contributed by atoms with Crippen molar-refractivity contribution in [2.75, 3.05) is 5.75 Å². The van der Waals surface area contributed by atoms with Gasteiger partial charge < -0.3 is 4.57 Å². The molecule has 0 saturated carbocycles. The van der Waals surface area contributed by atoms with E-state index in [-0.39, 0.29) is 11.1 Å². The molecular formula is C22H18ClN4O2S2+. The summed E-state index contributed by atoms with van der Waals surface area (Å²) in [5, 5.41) is 4.99. The fourth-order valence-corrected chi connectivity index (χ4v) is 5.55. The molecular weight excluding hydrogens is 452 g/mol. The number of aromatic amines is 2. The van der Waals surface area contributed by atoms with Crippen LogP contribution < -0.4 is 16.1 Å². The molecule has 0 aliphatic carbocycles. The number of nitrogens with one attached hydrogen (secondary N) is 2. The number of aryl methyl sites for hydroxylation is 1. The first-order valence-corrected chi connectivity index (χ1v) is 11.8. The summed E-state index contributed by atoms with van der Waals surface area (Å²) in [4.78, 5) is 30.3. The van der Waals surface area contributed by atoms with Gasteiger partial charge in [0.1, 0.15) is 10.9 Å². The van der Waals surface area contributed by atoms with Crippen LogP contribution in [0.4, 0.5) is 0 Å². The molecule has 0 aliphatic rings. The molecule has 2 aromatic carbocycles. The van der Waals surface area contributed by atoms with E-state index >= 15 is 0 Å². The van der Waals surface area contributed by atoms with Crippen molar-refractivity contribution in [1.29, 1.82) is 0 Å². The van der Waals surface area contributed by atoms with E-state index in [4.69, 9.17) is 11.6 Å². The molecule has 9 heteroatoms. The summed E-state index contributed by atoms with van der Waals surface area (Å²) in [5.41, 5.74) is 1.87. The van der Waals surface area contributed by atoms with Crippen LogP contribution in [0.1, 0.15) is 5.69 Å². The molecule has 3 heterocycles. The minimum absolute atomic E-state index is 0.129. The number of pyridine rings is 1. The number of hydrogen-bond acceptors (Lipinski definition) is 4. The maximum atomic E-state index is 13.2. The molecule has 0 radical (unpaired) electrons. The maximum absolute atomic E-state index is 13.2. The van der Waals surface area contributed by atoms with E-state index in [0.717, 1.165) is 15.1 Å². The Labute approximate surface area is 190 Å². The van der Waals surface area contributed by atoms with Crippen LogP contribution in [0.25, 0.3) is 26.3 Å². The van der Waals surface area contributed by atoms with Gasteiger partial charge >= 0.3 is 10.7 Å². The SMILES string of the molecule is Cc1c2c(=O)n(-c3[nH+]c4ccccc4s3)[nH]c2cc(=O)n1CCSc1ccc(Cl)cc1. The Morgan fingerprint density at radius 1 is 1.13 bits per heavy atom. The van der Waals surface area contributed by atoms with Crippen LogP contribution in [-0.2, 0) is 6.54 Å². The zero-order valence-electron chi connectivity index (χ0n) is 16.5. The number of hydrogen-bond donors (Lipinski definition) is 1. The number of aromatic nitrogens is 4. The number of thioether (sulfide) groups is 1. The minimum atomic E-state index is -0.172. The van der Waals surface area contributed by atoms with Crippen LogP contribution in [0.5, 0.6) is 0 Å². The van der Waals surface area contributed by atoms with Crippen LogP contribution in [0.3, 0.4) is 0 Å². The first kappa shape index (κ1) is 20.1. The standard InChI is InChI=1S/C22H17ClN4O2S2/c1-13-20-17(12-19(28)26(13)10-11-30-15-8-6-14(23)7-9-15)25-27(21(20)29)22-24-16-4-2-3-5-18(16)31-22/h2-9,12,25H,10-11H2,1H3/p+1. The van der Waals surface area contributed by atoms with E-state index in [0.29, 0.717) is 39.0 Å². The Hall–Kier alpha value is -2.81. The summed E-state index contributed by atoms with van der Waals surface area (Å²) in [6, 6.07) is 17.0. The van der Waals surface area contributed by atoms with Crippen molar-refractivity contribution in [3.63, 3.8) is 0 Å². The molecule has 6 nitrogen and oxygen atoms in total. The predicted molar refractivity (Wildman–Crippen MR) is 127 cm³/mol. The molecule has 0 spiro atoms. The van der Waals surface area contributed by atoms with Gasteiger partial charge in [0.2, 0.25) is 0 Å². The molecule has 3 aromatic heterocycles. The van der Waals surface area contributed by atoms with Crippen molar-refractivity contribution in [3.8, 4) is 5.13 Å². The second-order valence-electron chi connectivity index (χ2n) is 7.09. The van der Waals surface area contributed by atoms with Gasteiger partial charge in [-0.2, -0.15) is 0 Å². The summed E-state index contributed by atoms with van der Waals surface area (Å²) in [5.74, 6) is 0.705. The number of halogens is 1. The van der Waals surface area contributed by atoms with E-state index in [1.807, 2.05) is 55.5 Å². The maximum Gasteiger partial charge on any atom is 0.369 e. The second kappa shape index (κ2) is 8.03. The summed E-state index contributed by atoms with van der Waals surface area (Å²) in [6.07, 6.45) is 0. The molecule has 0 saturated heterocycles. The first-order chi connectivity index (χ1) is 15.0. The third-order valence-corrected chi connectivity index (χ3v) is 7.45. The molecule has 5 aromatic rings. The predicted octanol–water partition coefficient (Wildman–Crippen LogP) is 4.26. The Kier molecular flexibility index (Phi) is 5.21. The van der Waals surface area contributed by atoms with Gasteiger partial charge in [-0.05, 0) is 54.7 Å². The Balaban J connectivity index is 1.49. The summed E-state index contributed by atoms with van der Waals surface area (Å²) >= 11 is 9.06. The molecule has 31 heavy (non-hydrogen) atoms. The first-order valence-electron chi connectivity index (χ1n) is 9.66. The van der Waals surface area contributed by atoms with Crippen molar-refractivity contribution in [1.82, 2.24) is 14.3 Å². The number of fused-ring (bicyclic) bond motifs is 2. The van der Waals surface area contributed by atoms with Crippen LogP contribution in [0.15, 0.2) is 69.1 Å². The molecule has 5 rings (SSSR count). The van der Waals surface area contributed by atoms with E-state index in [1.54, 1.807) is 16.3 Å². The van der Waals surface area contributed by atoms with Gasteiger partial charge in [0.15, 0.2) is 0 Å². The zero-order chi connectivity index (χ0) is 21.5. The van der Waals surface area contributed by atoms with E-state index < -0.39 is 0 Å². The van der Waals surface area contributed by atoms with Crippen molar-refractivity contribution >= 4 is 55.8 Å². The average molecular weight is 470 g/mol. The lowest BCUT2D eigenvalue weighted by Gasteiger charge is -2.09. The van der Waals surface area contributed by atoms with Gasteiger partial charge in [-0.25, -0.2) is 14.9 Å². The van der Waals surface area contributed by atoms with Gasteiger partial charge in [0.05, 0.1) is 10.2 Å². The van der Waals surface area contributed by atoms with Crippen molar-refractivity contribution in [3.05, 3.63) is 86.0 Å². The van der Waals surface area contributed by atoms with Gasteiger partial charge in [-0.3, -0.25) is 4.79 Å². The van der Waals surface area contributed by atoms with E-state index in [1.165, 1.54) is 22.1 Å². The topological polar surface area (TPSA) is 73.9 Å². The Morgan fingerprint density at radius 3 is 2.68 bits per heavy atom. The minimum Gasteiger partial charge on any atom is -0.311 e. The number of thiazole rings is 1. The number of para-hydroxylation sites is 1. The number of nitrogens with zero attached hydrogens (tertiary/aromatic N) is 2. The summed E-state index contributed by atoms with van der Waals surface area (Å²) in [6.45, 7) is 2.33. The molecule has 0 aliphatic heterocycles. The summed E-state index contributed by atoms with van der Waals surface area (Å²) in [7, 11) is 0. The highest BCUT2D eigenvalue weighted by Crippen LogP contribution is 2.22. The lowest BCUT2D eigenvalue weighted by Crippen LogP contribution is -2.24. The van der Waals surface area contributed by atoms with Gasteiger partial charge in [-0.1, -0.05) is 28.4 Å².